The van der Waals surface area contributed by atoms with Crippen LogP contribution in [0.15, 0.2) is 23.1 Å². The highest BCUT2D eigenvalue weighted by molar-refractivity contribution is 7.80. The van der Waals surface area contributed by atoms with Crippen molar-refractivity contribution in [3.05, 3.63) is 18.2 Å². The molecule has 1 aromatic carbocycles. The fraction of sp³-hybridized carbons (Fsp3) is 0.538. The molecule has 0 aliphatic carbocycles. The molecule has 3 rings (SSSR count). The zero-order chi connectivity index (χ0) is 11.8. The number of hydrogen-bond donors (Lipinski definition) is 2. The first-order valence-electron chi connectivity index (χ1n) is 6.31. The molecule has 1 atom stereocenters. The summed E-state index contributed by atoms with van der Waals surface area (Å²) in [6, 6.07) is 6.91. The normalized spacial score (nSPS) is 25.0. The number of benzene rings is 1. The molecule has 0 bridgehead atoms. The van der Waals surface area contributed by atoms with Gasteiger partial charge in [-0.1, -0.05) is 0 Å². The third-order valence-electron chi connectivity index (χ3n) is 3.97. The summed E-state index contributed by atoms with van der Waals surface area (Å²) in [5.74, 6) is 0. The van der Waals surface area contributed by atoms with E-state index < -0.39 is 0 Å². The van der Waals surface area contributed by atoms with Crippen molar-refractivity contribution in [2.24, 2.45) is 0 Å². The van der Waals surface area contributed by atoms with Crippen LogP contribution in [0, 0.1) is 0 Å². The maximum Gasteiger partial charge on any atom is 0.0451 e. The molecule has 2 aliphatic rings. The standard InChI is InChI=1S/C13H19N3S/c14-12-4-3-10(8-13(12)17)16-7-6-15-5-1-2-11(15)9-16/h3-4,8,11,17H,1-2,5-7,9,14H2/t11-/m1/s1. The Hall–Kier alpha value is -0.870. The smallest absolute Gasteiger partial charge is 0.0451 e. The van der Waals surface area contributed by atoms with Gasteiger partial charge in [-0.05, 0) is 37.6 Å². The third-order valence-corrected chi connectivity index (χ3v) is 4.35. The van der Waals surface area contributed by atoms with Crippen molar-refractivity contribution in [2.75, 3.05) is 36.8 Å². The molecule has 2 aliphatic heterocycles. The fourth-order valence-electron chi connectivity index (χ4n) is 2.95. The number of fused-ring (bicyclic) bond motifs is 1. The number of nitrogens with zero attached hydrogens (tertiary/aromatic N) is 2. The van der Waals surface area contributed by atoms with E-state index in [1.165, 1.54) is 31.6 Å². The number of hydrogen-bond acceptors (Lipinski definition) is 4. The van der Waals surface area contributed by atoms with Gasteiger partial charge in [0.25, 0.3) is 0 Å². The molecule has 1 aromatic rings. The van der Waals surface area contributed by atoms with Crippen LogP contribution in [-0.2, 0) is 0 Å². The van der Waals surface area contributed by atoms with Gasteiger partial charge in [0.05, 0.1) is 0 Å². The SMILES string of the molecule is Nc1ccc(N2CCN3CCC[C@@H]3C2)cc1S. The molecule has 0 radical (unpaired) electrons. The monoisotopic (exact) mass is 249 g/mol. The second-order valence-electron chi connectivity index (χ2n) is 5.02. The second kappa shape index (κ2) is 4.42. The minimum absolute atomic E-state index is 0.754. The number of anilines is 2. The van der Waals surface area contributed by atoms with E-state index in [1.807, 2.05) is 6.07 Å². The molecule has 0 unspecified atom stereocenters. The van der Waals surface area contributed by atoms with E-state index in [0.717, 1.165) is 29.7 Å². The molecule has 3 nitrogen and oxygen atoms in total. The topological polar surface area (TPSA) is 32.5 Å². The fourth-order valence-corrected chi connectivity index (χ4v) is 3.16. The Morgan fingerprint density at radius 3 is 2.94 bits per heavy atom. The van der Waals surface area contributed by atoms with Gasteiger partial charge < -0.3 is 10.6 Å². The molecular formula is C13H19N3S. The van der Waals surface area contributed by atoms with Crippen LogP contribution in [0.25, 0.3) is 0 Å². The van der Waals surface area contributed by atoms with Gasteiger partial charge in [-0.3, -0.25) is 4.90 Å². The van der Waals surface area contributed by atoms with Gasteiger partial charge in [0.2, 0.25) is 0 Å². The molecule has 4 heteroatoms. The number of rotatable bonds is 1. The quantitative estimate of drug-likeness (QED) is 0.588. The Bertz CT molecular complexity index is 421. The molecule has 2 saturated heterocycles. The Labute approximate surface area is 108 Å². The second-order valence-corrected chi connectivity index (χ2v) is 5.50. The van der Waals surface area contributed by atoms with Crippen molar-refractivity contribution in [2.45, 2.75) is 23.8 Å². The van der Waals surface area contributed by atoms with Crippen molar-refractivity contribution in [3.8, 4) is 0 Å². The molecule has 0 amide bonds. The minimum Gasteiger partial charge on any atom is -0.398 e. The number of piperazine rings is 1. The van der Waals surface area contributed by atoms with Crippen LogP contribution in [-0.4, -0.2) is 37.1 Å². The average Bonchev–Trinajstić information content (AvgIpc) is 2.79. The van der Waals surface area contributed by atoms with Crippen molar-refractivity contribution < 1.29 is 0 Å². The predicted octanol–water partition coefficient (Wildman–Crippen LogP) is 1.84. The molecule has 0 aromatic heterocycles. The van der Waals surface area contributed by atoms with Crippen LogP contribution in [0.2, 0.25) is 0 Å². The van der Waals surface area contributed by atoms with Crippen LogP contribution < -0.4 is 10.6 Å². The van der Waals surface area contributed by atoms with Crippen molar-refractivity contribution in [1.29, 1.82) is 0 Å². The first-order valence-corrected chi connectivity index (χ1v) is 6.76. The highest BCUT2D eigenvalue weighted by Crippen LogP contribution is 2.28. The van der Waals surface area contributed by atoms with E-state index in [-0.39, 0.29) is 0 Å². The molecule has 0 saturated carbocycles. The van der Waals surface area contributed by atoms with Crippen molar-refractivity contribution in [1.82, 2.24) is 4.90 Å². The molecule has 0 spiro atoms. The van der Waals surface area contributed by atoms with E-state index in [1.54, 1.807) is 0 Å². The highest BCUT2D eigenvalue weighted by atomic mass is 32.1. The van der Waals surface area contributed by atoms with Crippen LogP contribution in [0.5, 0.6) is 0 Å². The number of nitrogens with two attached hydrogens (primary N) is 1. The lowest BCUT2D eigenvalue weighted by Crippen LogP contribution is -2.50. The maximum atomic E-state index is 5.80. The van der Waals surface area contributed by atoms with Crippen molar-refractivity contribution >= 4 is 24.0 Å². The van der Waals surface area contributed by atoms with E-state index in [2.05, 4.69) is 34.6 Å². The molecule has 2 heterocycles. The lowest BCUT2D eigenvalue weighted by atomic mass is 10.1. The van der Waals surface area contributed by atoms with Gasteiger partial charge >= 0.3 is 0 Å². The molecule has 2 N–H and O–H groups in total. The Morgan fingerprint density at radius 1 is 1.24 bits per heavy atom. The van der Waals surface area contributed by atoms with Crippen LogP contribution in [0.3, 0.4) is 0 Å². The summed E-state index contributed by atoms with van der Waals surface area (Å²) in [5.41, 5.74) is 7.82. The molecule has 92 valence electrons. The lowest BCUT2D eigenvalue weighted by molar-refractivity contribution is 0.231. The van der Waals surface area contributed by atoms with Crippen LogP contribution in [0.1, 0.15) is 12.8 Å². The summed E-state index contributed by atoms with van der Waals surface area (Å²) in [7, 11) is 0. The summed E-state index contributed by atoms with van der Waals surface area (Å²) in [6.07, 6.45) is 2.71. The van der Waals surface area contributed by atoms with Crippen LogP contribution >= 0.6 is 12.6 Å². The highest BCUT2D eigenvalue weighted by Gasteiger charge is 2.30. The maximum absolute atomic E-state index is 5.80. The molecule has 2 fully saturated rings. The van der Waals surface area contributed by atoms with Gasteiger partial charge in [-0.25, -0.2) is 0 Å². The zero-order valence-electron chi connectivity index (χ0n) is 9.97. The first-order chi connectivity index (χ1) is 8.24. The summed E-state index contributed by atoms with van der Waals surface area (Å²) in [6.45, 7) is 4.75. The summed E-state index contributed by atoms with van der Waals surface area (Å²) in [5, 5.41) is 0. The van der Waals surface area contributed by atoms with E-state index >= 15 is 0 Å². The largest absolute Gasteiger partial charge is 0.398 e. The summed E-state index contributed by atoms with van der Waals surface area (Å²) >= 11 is 4.40. The van der Waals surface area contributed by atoms with E-state index in [4.69, 9.17) is 5.73 Å². The van der Waals surface area contributed by atoms with Gasteiger partial charge in [0, 0.05) is 41.9 Å². The van der Waals surface area contributed by atoms with E-state index in [0.29, 0.717) is 0 Å². The summed E-state index contributed by atoms with van der Waals surface area (Å²) in [4.78, 5) is 5.97. The number of nitrogen functional groups attached to an aromatic ring is 1. The lowest BCUT2D eigenvalue weighted by Gasteiger charge is -2.39. The van der Waals surface area contributed by atoms with Crippen LogP contribution in [0.4, 0.5) is 11.4 Å². The Morgan fingerprint density at radius 2 is 2.12 bits per heavy atom. The Balaban J connectivity index is 1.78. The third kappa shape index (κ3) is 2.11. The predicted molar refractivity (Wildman–Crippen MR) is 74.9 cm³/mol. The van der Waals surface area contributed by atoms with Gasteiger partial charge in [0.1, 0.15) is 0 Å². The van der Waals surface area contributed by atoms with Gasteiger partial charge in [-0.2, -0.15) is 0 Å². The van der Waals surface area contributed by atoms with E-state index in [9.17, 15) is 0 Å². The average molecular weight is 249 g/mol. The Kier molecular flexibility index (Phi) is 2.92. The minimum atomic E-state index is 0.754. The number of thiol groups is 1. The summed E-state index contributed by atoms with van der Waals surface area (Å²) < 4.78 is 0. The zero-order valence-corrected chi connectivity index (χ0v) is 10.9. The molecular weight excluding hydrogens is 230 g/mol. The first kappa shape index (κ1) is 11.2. The van der Waals surface area contributed by atoms with Gasteiger partial charge in [-0.15, -0.1) is 12.6 Å². The van der Waals surface area contributed by atoms with Crippen molar-refractivity contribution in [3.63, 3.8) is 0 Å². The molecule has 17 heavy (non-hydrogen) atoms. The van der Waals surface area contributed by atoms with Gasteiger partial charge in [0.15, 0.2) is 0 Å².